The van der Waals surface area contributed by atoms with Gasteiger partial charge in [0.15, 0.2) is 0 Å². The highest BCUT2D eigenvalue weighted by atomic mass is 35.5. The van der Waals surface area contributed by atoms with E-state index in [9.17, 15) is 4.79 Å². The zero-order chi connectivity index (χ0) is 16.9. The molecule has 6 heteroatoms. The molecule has 0 fully saturated rings. The molecule has 2 heterocycles. The largest absolute Gasteiger partial charge is 0.352 e. The van der Waals surface area contributed by atoms with Crippen LogP contribution in [0.25, 0.3) is 0 Å². The Kier molecular flexibility index (Phi) is 5.01. The summed E-state index contributed by atoms with van der Waals surface area (Å²) in [6, 6.07) is 11.5. The highest BCUT2D eigenvalue weighted by Crippen LogP contribution is 2.24. The van der Waals surface area contributed by atoms with Crippen LogP contribution in [-0.2, 0) is 11.3 Å². The molecule has 124 valence electrons. The van der Waals surface area contributed by atoms with Gasteiger partial charge in [-0.25, -0.2) is 0 Å². The number of rotatable bonds is 6. The van der Waals surface area contributed by atoms with E-state index in [0.29, 0.717) is 18.0 Å². The monoisotopic (exact) mass is 342 g/mol. The topological polar surface area (TPSA) is 62.7 Å². The molecule has 0 bridgehead atoms. The lowest BCUT2D eigenvalue weighted by Gasteiger charge is -2.19. The van der Waals surface area contributed by atoms with E-state index in [2.05, 4.69) is 15.5 Å². The Morgan fingerprint density at radius 2 is 2.00 bits per heavy atom. The van der Waals surface area contributed by atoms with Crippen LogP contribution in [0.5, 0.6) is 0 Å². The standard InChI is InChI=1S/C18H19ClN4O/c1-13-15(12-21-22-13)11-20-18(24)10-17(23-8-2-3-9-23)14-4-6-16(19)7-5-14/h2-9,12,17H,10-11H2,1H3,(H,20,24)(H,21,22)/t17-/m1/s1. The van der Waals surface area contributed by atoms with Crippen LogP contribution >= 0.6 is 11.6 Å². The van der Waals surface area contributed by atoms with Crippen LogP contribution in [0.3, 0.4) is 0 Å². The minimum absolute atomic E-state index is 0.00995. The van der Waals surface area contributed by atoms with Gasteiger partial charge in [-0.3, -0.25) is 9.89 Å². The fourth-order valence-electron chi connectivity index (χ4n) is 2.63. The number of hydrogen-bond acceptors (Lipinski definition) is 2. The third-order valence-electron chi connectivity index (χ3n) is 4.03. The number of nitrogens with zero attached hydrogens (tertiary/aromatic N) is 2. The molecule has 1 atom stereocenters. The SMILES string of the molecule is Cc1[nH]ncc1CNC(=O)C[C@H](c1ccc(Cl)cc1)n1cccc1. The molecule has 1 amide bonds. The summed E-state index contributed by atoms with van der Waals surface area (Å²) < 4.78 is 2.03. The number of aryl methyl sites for hydroxylation is 1. The number of aromatic nitrogens is 3. The van der Waals surface area contributed by atoms with E-state index < -0.39 is 0 Å². The van der Waals surface area contributed by atoms with Gasteiger partial charge in [0.25, 0.3) is 0 Å². The number of benzene rings is 1. The zero-order valence-corrected chi connectivity index (χ0v) is 14.1. The van der Waals surface area contributed by atoms with Crippen molar-refractivity contribution >= 4 is 17.5 Å². The van der Waals surface area contributed by atoms with Crippen molar-refractivity contribution in [1.82, 2.24) is 20.1 Å². The third kappa shape index (κ3) is 3.86. The summed E-state index contributed by atoms with van der Waals surface area (Å²) in [6.07, 6.45) is 6.02. The summed E-state index contributed by atoms with van der Waals surface area (Å²) in [6.45, 7) is 2.41. The Morgan fingerprint density at radius 3 is 2.62 bits per heavy atom. The third-order valence-corrected chi connectivity index (χ3v) is 4.28. The van der Waals surface area contributed by atoms with Crippen LogP contribution in [0.1, 0.15) is 29.3 Å². The van der Waals surface area contributed by atoms with E-state index in [1.807, 2.05) is 60.3 Å². The molecule has 0 saturated heterocycles. The summed E-state index contributed by atoms with van der Waals surface area (Å²) in [5.41, 5.74) is 3.01. The van der Waals surface area contributed by atoms with Crippen molar-refractivity contribution in [2.24, 2.45) is 0 Å². The molecule has 0 spiro atoms. The van der Waals surface area contributed by atoms with Gasteiger partial charge >= 0.3 is 0 Å². The molecule has 1 aromatic carbocycles. The Balaban J connectivity index is 1.71. The second kappa shape index (κ2) is 7.36. The van der Waals surface area contributed by atoms with Crippen molar-refractivity contribution in [3.05, 3.63) is 76.8 Å². The van der Waals surface area contributed by atoms with E-state index in [-0.39, 0.29) is 11.9 Å². The van der Waals surface area contributed by atoms with Crippen molar-refractivity contribution in [3.8, 4) is 0 Å². The lowest BCUT2D eigenvalue weighted by molar-refractivity contribution is -0.121. The molecule has 0 aliphatic heterocycles. The first-order valence-electron chi connectivity index (χ1n) is 7.77. The summed E-state index contributed by atoms with van der Waals surface area (Å²) in [5.74, 6) is -0.00995. The molecule has 2 N–H and O–H groups in total. The number of H-pyrrole nitrogens is 1. The van der Waals surface area contributed by atoms with E-state index in [0.717, 1.165) is 16.8 Å². The van der Waals surface area contributed by atoms with E-state index in [1.54, 1.807) is 6.20 Å². The van der Waals surface area contributed by atoms with E-state index in [1.165, 1.54) is 0 Å². The first kappa shape index (κ1) is 16.3. The smallest absolute Gasteiger partial charge is 0.222 e. The van der Waals surface area contributed by atoms with Crippen LogP contribution in [0, 0.1) is 6.92 Å². The number of nitrogens with one attached hydrogen (secondary N) is 2. The molecule has 3 rings (SSSR count). The van der Waals surface area contributed by atoms with Gasteiger partial charge < -0.3 is 9.88 Å². The average molecular weight is 343 g/mol. The quantitative estimate of drug-likeness (QED) is 0.720. The lowest BCUT2D eigenvalue weighted by Crippen LogP contribution is -2.26. The highest BCUT2D eigenvalue weighted by Gasteiger charge is 2.17. The van der Waals surface area contributed by atoms with Gasteiger partial charge in [0, 0.05) is 35.2 Å². The fraction of sp³-hybridized carbons (Fsp3) is 0.222. The average Bonchev–Trinajstić information content (AvgIpc) is 3.23. The normalized spacial score (nSPS) is 12.1. The van der Waals surface area contributed by atoms with Gasteiger partial charge in [-0.15, -0.1) is 0 Å². The minimum Gasteiger partial charge on any atom is -0.352 e. The maximum Gasteiger partial charge on any atom is 0.222 e. The van der Waals surface area contributed by atoms with Gasteiger partial charge in [0.05, 0.1) is 18.7 Å². The summed E-state index contributed by atoms with van der Waals surface area (Å²) >= 11 is 5.97. The Hall–Kier alpha value is -2.53. The molecule has 24 heavy (non-hydrogen) atoms. The van der Waals surface area contributed by atoms with E-state index >= 15 is 0 Å². The molecule has 0 aliphatic rings. The molecule has 3 aromatic rings. The first-order chi connectivity index (χ1) is 11.6. The second-order valence-electron chi connectivity index (χ2n) is 5.70. The number of aromatic amines is 1. The summed E-state index contributed by atoms with van der Waals surface area (Å²) in [7, 11) is 0. The molecular formula is C18H19ClN4O. The molecular weight excluding hydrogens is 324 g/mol. The maximum absolute atomic E-state index is 12.4. The van der Waals surface area contributed by atoms with Crippen molar-refractivity contribution in [2.75, 3.05) is 0 Å². The van der Waals surface area contributed by atoms with Crippen LogP contribution in [0.15, 0.2) is 55.0 Å². The van der Waals surface area contributed by atoms with Gasteiger partial charge in [-0.05, 0) is 36.8 Å². The maximum atomic E-state index is 12.4. The number of carbonyl (C=O) groups is 1. The van der Waals surface area contributed by atoms with Gasteiger partial charge in [0.2, 0.25) is 5.91 Å². The zero-order valence-electron chi connectivity index (χ0n) is 13.4. The fourth-order valence-corrected chi connectivity index (χ4v) is 2.76. The van der Waals surface area contributed by atoms with Gasteiger partial charge in [0.1, 0.15) is 0 Å². The summed E-state index contributed by atoms with van der Waals surface area (Å²) in [5, 5.41) is 10.5. The van der Waals surface area contributed by atoms with E-state index in [4.69, 9.17) is 11.6 Å². The molecule has 0 unspecified atom stereocenters. The van der Waals surface area contributed by atoms with Crippen molar-refractivity contribution in [3.63, 3.8) is 0 Å². The molecule has 2 aromatic heterocycles. The predicted molar refractivity (Wildman–Crippen MR) is 93.8 cm³/mol. The number of amides is 1. The number of halogens is 1. The lowest BCUT2D eigenvalue weighted by atomic mass is 10.0. The van der Waals surface area contributed by atoms with Crippen LogP contribution in [0.4, 0.5) is 0 Å². The van der Waals surface area contributed by atoms with Crippen molar-refractivity contribution in [2.45, 2.75) is 25.9 Å². The van der Waals surface area contributed by atoms with Gasteiger partial charge in [-0.2, -0.15) is 5.10 Å². The van der Waals surface area contributed by atoms with Crippen molar-refractivity contribution in [1.29, 1.82) is 0 Å². The highest BCUT2D eigenvalue weighted by molar-refractivity contribution is 6.30. The van der Waals surface area contributed by atoms with Crippen LogP contribution in [-0.4, -0.2) is 20.7 Å². The van der Waals surface area contributed by atoms with Crippen LogP contribution < -0.4 is 5.32 Å². The minimum atomic E-state index is -0.0669. The Morgan fingerprint density at radius 1 is 1.29 bits per heavy atom. The predicted octanol–water partition coefficient (Wildman–Crippen LogP) is 3.47. The van der Waals surface area contributed by atoms with Crippen molar-refractivity contribution < 1.29 is 4.79 Å². The molecule has 5 nitrogen and oxygen atoms in total. The second-order valence-corrected chi connectivity index (χ2v) is 6.14. The number of carbonyl (C=O) groups excluding carboxylic acids is 1. The van der Waals surface area contributed by atoms with Gasteiger partial charge in [-0.1, -0.05) is 23.7 Å². The number of hydrogen-bond donors (Lipinski definition) is 2. The Labute approximate surface area is 145 Å². The molecule has 0 radical (unpaired) electrons. The van der Waals surface area contributed by atoms with Crippen LogP contribution in [0.2, 0.25) is 5.02 Å². The Bertz CT molecular complexity index is 793. The molecule has 0 saturated carbocycles. The first-order valence-corrected chi connectivity index (χ1v) is 8.15. The molecule has 0 aliphatic carbocycles. The summed E-state index contributed by atoms with van der Waals surface area (Å²) in [4.78, 5) is 12.4.